The van der Waals surface area contributed by atoms with E-state index >= 15 is 0 Å². The van der Waals surface area contributed by atoms with Gasteiger partial charge in [-0.1, -0.05) is 23.8 Å². The third-order valence-electron chi connectivity index (χ3n) is 3.11. The summed E-state index contributed by atoms with van der Waals surface area (Å²) in [4.78, 5) is 17.5. The molecule has 0 bridgehead atoms. The van der Waals surface area contributed by atoms with E-state index in [1.165, 1.54) is 5.56 Å². The summed E-state index contributed by atoms with van der Waals surface area (Å²) >= 11 is 1.61. The van der Waals surface area contributed by atoms with E-state index in [4.69, 9.17) is 0 Å². The van der Waals surface area contributed by atoms with Crippen molar-refractivity contribution in [2.45, 2.75) is 13.5 Å². The number of benzene rings is 1. The van der Waals surface area contributed by atoms with Gasteiger partial charge >= 0.3 is 0 Å². The van der Waals surface area contributed by atoms with Gasteiger partial charge in [-0.15, -0.1) is 11.3 Å². The second kappa shape index (κ2) is 5.93. The summed E-state index contributed by atoms with van der Waals surface area (Å²) in [7, 11) is 0. The van der Waals surface area contributed by atoms with Gasteiger partial charge in [-0.05, 0) is 30.5 Å². The number of amides is 1. The molecule has 0 spiro atoms. The van der Waals surface area contributed by atoms with Crippen molar-refractivity contribution in [1.82, 2.24) is 9.55 Å². The molecule has 5 heteroatoms. The number of imidazole rings is 1. The SMILES string of the molecule is Cc1ccc(NC(=O)Cn2ccnc2-c2cccs2)cc1. The number of aromatic nitrogens is 2. The summed E-state index contributed by atoms with van der Waals surface area (Å²) < 4.78 is 1.86. The number of rotatable bonds is 4. The van der Waals surface area contributed by atoms with Gasteiger partial charge in [0.25, 0.3) is 0 Å². The van der Waals surface area contributed by atoms with Crippen LogP contribution in [0.3, 0.4) is 0 Å². The second-order valence-electron chi connectivity index (χ2n) is 4.77. The zero-order valence-corrected chi connectivity index (χ0v) is 12.4. The third-order valence-corrected chi connectivity index (χ3v) is 3.97. The Hall–Kier alpha value is -2.40. The summed E-state index contributed by atoms with van der Waals surface area (Å²) in [6, 6.07) is 11.7. The number of anilines is 1. The molecule has 1 aromatic carbocycles. The summed E-state index contributed by atoms with van der Waals surface area (Å²) in [5.41, 5.74) is 1.98. The minimum absolute atomic E-state index is 0.0605. The molecule has 0 aliphatic heterocycles. The number of carbonyl (C=O) groups is 1. The lowest BCUT2D eigenvalue weighted by molar-refractivity contribution is -0.116. The van der Waals surface area contributed by atoms with Crippen molar-refractivity contribution in [3.63, 3.8) is 0 Å². The van der Waals surface area contributed by atoms with E-state index in [1.54, 1.807) is 17.5 Å². The van der Waals surface area contributed by atoms with Crippen LogP contribution in [-0.4, -0.2) is 15.5 Å². The highest BCUT2D eigenvalue weighted by molar-refractivity contribution is 7.13. The van der Waals surface area contributed by atoms with Gasteiger partial charge in [0.1, 0.15) is 12.4 Å². The summed E-state index contributed by atoms with van der Waals surface area (Å²) in [5, 5.41) is 4.90. The Morgan fingerprint density at radius 1 is 1.29 bits per heavy atom. The lowest BCUT2D eigenvalue weighted by Gasteiger charge is -2.08. The maximum absolute atomic E-state index is 12.1. The van der Waals surface area contributed by atoms with Crippen LogP contribution in [0.25, 0.3) is 10.7 Å². The molecule has 1 amide bonds. The molecule has 3 rings (SSSR count). The second-order valence-corrected chi connectivity index (χ2v) is 5.72. The third kappa shape index (κ3) is 3.20. The summed E-state index contributed by atoms with van der Waals surface area (Å²) in [5.74, 6) is 0.763. The smallest absolute Gasteiger partial charge is 0.244 e. The van der Waals surface area contributed by atoms with Crippen LogP contribution < -0.4 is 5.32 Å². The van der Waals surface area contributed by atoms with Crippen LogP contribution in [0, 0.1) is 6.92 Å². The molecule has 2 heterocycles. The van der Waals surface area contributed by atoms with E-state index in [0.29, 0.717) is 0 Å². The highest BCUT2D eigenvalue weighted by Crippen LogP contribution is 2.22. The van der Waals surface area contributed by atoms with Crippen molar-refractivity contribution in [2.24, 2.45) is 0 Å². The lowest BCUT2D eigenvalue weighted by Crippen LogP contribution is -2.18. The number of hydrogen-bond acceptors (Lipinski definition) is 3. The standard InChI is InChI=1S/C16H15N3OS/c1-12-4-6-13(7-5-12)18-15(20)11-19-9-8-17-16(19)14-3-2-10-21-14/h2-10H,11H2,1H3,(H,18,20). The van der Waals surface area contributed by atoms with E-state index < -0.39 is 0 Å². The molecule has 0 unspecified atom stereocenters. The highest BCUT2D eigenvalue weighted by atomic mass is 32.1. The molecule has 1 N–H and O–H groups in total. The van der Waals surface area contributed by atoms with Gasteiger partial charge in [0.15, 0.2) is 0 Å². The predicted octanol–water partition coefficient (Wildman–Crippen LogP) is 3.56. The van der Waals surface area contributed by atoms with E-state index in [9.17, 15) is 4.79 Å². The zero-order valence-electron chi connectivity index (χ0n) is 11.6. The summed E-state index contributed by atoms with van der Waals surface area (Å²) in [6.07, 6.45) is 3.54. The first-order chi connectivity index (χ1) is 10.2. The number of carbonyl (C=O) groups excluding carboxylic acids is 1. The Morgan fingerprint density at radius 3 is 2.81 bits per heavy atom. The fraction of sp³-hybridized carbons (Fsp3) is 0.125. The molecule has 0 saturated heterocycles. The van der Waals surface area contributed by atoms with Crippen molar-refractivity contribution in [1.29, 1.82) is 0 Å². The fourth-order valence-corrected chi connectivity index (χ4v) is 2.80. The van der Waals surface area contributed by atoms with Gasteiger partial charge in [-0.3, -0.25) is 4.79 Å². The van der Waals surface area contributed by atoms with Crippen LogP contribution in [0.15, 0.2) is 54.2 Å². The molecular formula is C16H15N3OS. The van der Waals surface area contributed by atoms with Crippen LogP contribution in [0.5, 0.6) is 0 Å². The minimum atomic E-state index is -0.0605. The molecule has 4 nitrogen and oxygen atoms in total. The average molecular weight is 297 g/mol. The fourth-order valence-electron chi connectivity index (χ4n) is 2.06. The predicted molar refractivity (Wildman–Crippen MR) is 85.3 cm³/mol. The summed E-state index contributed by atoms with van der Waals surface area (Å²) in [6.45, 7) is 2.27. The number of aryl methyl sites for hydroxylation is 1. The molecule has 0 aliphatic carbocycles. The quantitative estimate of drug-likeness (QED) is 0.800. The van der Waals surface area contributed by atoms with Crippen molar-refractivity contribution in [3.05, 3.63) is 59.7 Å². The molecule has 0 radical (unpaired) electrons. The molecule has 21 heavy (non-hydrogen) atoms. The number of hydrogen-bond donors (Lipinski definition) is 1. The molecule has 3 aromatic rings. The average Bonchev–Trinajstić information content (AvgIpc) is 3.11. The van der Waals surface area contributed by atoms with Gasteiger partial charge in [0.05, 0.1) is 4.88 Å². The van der Waals surface area contributed by atoms with Crippen LogP contribution >= 0.6 is 11.3 Å². The molecule has 106 valence electrons. The Bertz CT molecular complexity index is 729. The van der Waals surface area contributed by atoms with Crippen LogP contribution in [-0.2, 0) is 11.3 Å². The van der Waals surface area contributed by atoms with E-state index in [1.807, 2.05) is 59.5 Å². The van der Waals surface area contributed by atoms with Crippen LogP contribution in [0.4, 0.5) is 5.69 Å². The maximum atomic E-state index is 12.1. The van der Waals surface area contributed by atoms with Crippen LogP contribution in [0.2, 0.25) is 0 Å². The van der Waals surface area contributed by atoms with Gasteiger partial charge in [0, 0.05) is 18.1 Å². The Kier molecular flexibility index (Phi) is 3.83. The highest BCUT2D eigenvalue weighted by Gasteiger charge is 2.10. The van der Waals surface area contributed by atoms with Crippen molar-refractivity contribution in [2.75, 3.05) is 5.32 Å². The topological polar surface area (TPSA) is 46.9 Å². The number of nitrogens with one attached hydrogen (secondary N) is 1. The molecule has 0 saturated carbocycles. The molecule has 0 atom stereocenters. The van der Waals surface area contributed by atoms with Crippen molar-refractivity contribution in [3.8, 4) is 10.7 Å². The van der Waals surface area contributed by atoms with Gasteiger partial charge in [0.2, 0.25) is 5.91 Å². The molecule has 2 aromatic heterocycles. The Morgan fingerprint density at radius 2 is 2.10 bits per heavy atom. The minimum Gasteiger partial charge on any atom is -0.325 e. The maximum Gasteiger partial charge on any atom is 0.244 e. The van der Waals surface area contributed by atoms with Crippen molar-refractivity contribution >= 4 is 22.9 Å². The number of nitrogens with zero attached hydrogens (tertiary/aromatic N) is 2. The van der Waals surface area contributed by atoms with Gasteiger partial charge in [-0.25, -0.2) is 4.98 Å². The Labute approximate surface area is 127 Å². The van der Waals surface area contributed by atoms with Crippen molar-refractivity contribution < 1.29 is 4.79 Å². The van der Waals surface area contributed by atoms with E-state index in [0.717, 1.165) is 16.4 Å². The lowest BCUT2D eigenvalue weighted by atomic mass is 10.2. The molecule has 0 aliphatic rings. The van der Waals surface area contributed by atoms with E-state index in [-0.39, 0.29) is 12.5 Å². The number of thiophene rings is 1. The first kappa shape index (κ1) is 13.6. The Balaban J connectivity index is 1.71. The van der Waals surface area contributed by atoms with Gasteiger partial charge < -0.3 is 9.88 Å². The molecule has 0 fully saturated rings. The zero-order chi connectivity index (χ0) is 14.7. The van der Waals surface area contributed by atoms with Gasteiger partial charge in [-0.2, -0.15) is 0 Å². The van der Waals surface area contributed by atoms with E-state index in [2.05, 4.69) is 10.3 Å². The first-order valence-corrected chi connectivity index (χ1v) is 7.52. The van der Waals surface area contributed by atoms with Crippen LogP contribution in [0.1, 0.15) is 5.56 Å². The molecular weight excluding hydrogens is 282 g/mol. The normalized spacial score (nSPS) is 10.5. The largest absolute Gasteiger partial charge is 0.325 e. The first-order valence-electron chi connectivity index (χ1n) is 6.64. The monoisotopic (exact) mass is 297 g/mol.